The molecule has 0 aliphatic rings. The zero-order valence-electron chi connectivity index (χ0n) is 15.9. The van der Waals surface area contributed by atoms with Crippen LogP contribution >= 0.6 is 0 Å². The van der Waals surface area contributed by atoms with Crippen LogP contribution in [0.1, 0.15) is 13.3 Å². The summed E-state index contributed by atoms with van der Waals surface area (Å²) in [6, 6.07) is 12.5. The number of ether oxygens (including phenoxy) is 2. The molecule has 2 aromatic carbocycles. The van der Waals surface area contributed by atoms with Crippen LogP contribution in [0.15, 0.2) is 47.3 Å². The van der Waals surface area contributed by atoms with Crippen LogP contribution in [-0.4, -0.2) is 28.3 Å². The normalized spacial score (nSPS) is 12.0. The second-order valence-electron chi connectivity index (χ2n) is 6.29. The molecule has 7 nitrogen and oxygen atoms in total. The molecule has 7 heteroatoms. The summed E-state index contributed by atoms with van der Waals surface area (Å²) in [7, 11) is 5.01. The van der Waals surface area contributed by atoms with Gasteiger partial charge >= 0.3 is 5.69 Å². The van der Waals surface area contributed by atoms with E-state index >= 15 is 0 Å². The molecule has 1 atom stereocenters. The lowest BCUT2D eigenvalue weighted by Gasteiger charge is -2.18. The topological polar surface area (TPSA) is 74.5 Å². The first kappa shape index (κ1) is 18.6. The van der Waals surface area contributed by atoms with E-state index in [-0.39, 0.29) is 11.6 Å². The van der Waals surface area contributed by atoms with Crippen molar-refractivity contribution in [2.24, 2.45) is 14.1 Å². The summed E-state index contributed by atoms with van der Waals surface area (Å²) in [4.78, 5) is 24.7. The van der Waals surface area contributed by atoms with Crippen LogP contribution < -0.4 is 20.5 Å². The molecule has 0 bridgehead atoms. The molecule has 3 rings (SSSR count). The van der Waals surface area contributed by atoms with Gasteiger partial charge in [-0.2, -0.15) is 0 Å². The Bertz CT molecular complexity index is 1040. The summed E-state index contributed by atoms with van der Waals surface area (Å²) in [5.74, 6) is 0.982. The molecular weight excluding hydrogens is 346 g/mol. The minimum Gasteiger partial charge on any atom is -0.497 e. The molecule has 0 spiro atoms. The average Bonchev–Trinajstić information content (AvgIpc) is 2.90. The number of aromatic nitrogens is 2. The van der Waals surface area contributed by atoms with Crippen molar-refractivity contribution in [2.75, 3.05) is 12.4 Å². The number of aryl methyl sites for hydroxylation is 2. The SMILES string of the molecule is CC[C@@H](Oc1cccc(OC)c1)C(=O)Nc1ccc2c(c1)n(C)c(=O)n2C. The molecule has 0 saturated carbocycles. The molecule has 27 heavy (non-hydrogen) atoms. The predicted molar refractivity (Wildman–Crippen MR) is 104 cm³/mol. The molecule has 0 aliphatic carbocycles. The number of carbonyl (C=O) groups excluding carboxylic acids is 1. The van der Waals surface area contributed by atoms with Gasteiger partial charge in [0.05, 0.1) is 18.1 Å². The van der Waals surface area contributed by atoms with Crippen molar-refractivity contribution < 1.29 is 14.3 Å². The van der Waals surface area contributed by atoms with Gasteiger partial charge in [0.2, 0.25) is 0 Å². The van der Waals surface area contributed by atoms with Crippen molar-refractivity contribution in [3.8, 4) is 11.5 Å². The van der Waals surface area contributed by atoms with E-state index in [1.807, 2.05) is 25.1 Å². The van der Waals surface area contributed by atoms with Crippen molar-refractivity contribution >= 4 is 22.6 Å². The number of methoxy groups -OCH3 is 1. The van der Waals surface area contributed by atoms with E-state index in [2.05, 4.69) is 5.32 Å². The highest BCUT2D eigenvalue weighted by Crippen LogP contribution is 2.22. The van der Waals surface area contributed by atoms with Gasteiger partial charge in [0.1, 0.15) is 11.5 Å². The van der Waals surface area contributed by atoms with Crippen LogP contribution in [0, 0.1) is 0 Å². The maximum atomic E-state index is 12.7. The third-order valence-electron chi connectivity index (χ3n) is 4.52. The Morgan fingerprint density at radius 1 is 1.07 bits per heavy atom. The number of nitrogens with one attached hydrogen (secondary N) is 1. The molecule has 0 saturated heterocycles. The molecule has 3 aromatic rings. The lowest BCUT2D eigenvalue weighted by molar-refractivity contribution is -0.122. The first-order valence-electron chi connectivity index (χ1n) is 8.71. The largest absolute Gasteiger partial charge is 0.497 e. The minimum atomic E-state index is -0.646. The van der Waals surface area contributed by atoms with Crippen LogP contribution in [0.25, 0.3) is 11.0 Å². The minimum absolute atomic E-state index is 0.110. The van der Waals surface area contributed by atoms with E-state index in [0.717, 1.165) is 11.0 Å². The molecule has 0 unspecified atom stereocenters. The van der Waals surface area contributed by atoms with Gasteiger partial charge in [-0.3, -0.25) is 13.9 Å². The third kappa shape index (κ3) is 3.67. The van der Waals surface area contributed by atoms with Gasteiger partial charge in [-0.25, -0.2) is 4.79 Å². The summed E-state index contributed by atoms with van der Waals surface area (Å²) < 4.78 is 14.1. The number of imidazole rings is 1. The smallest absolute Gasteiger partial charge is 0.328 e. The number of nitrogens with zero attached hydrogens (tertiary/aromatic N) is 2. The van der Waals surface area contributed by atoms with Gasteiger partial charge in [0.25, 0.3) is 5.91 Å². The molecule has 1 amide bonds. The molecule has 1 aromatic heterocycles. The number of hydrogen-bond donors (Lipinski definition) is 1. The zero-order valence-corrected chi connectivity index (χ0v) is 15.9. The molecule has 1 heterocycles. The maximum absolute atomic E-state index is 12.7. The summed E-state index contributed by atoms with van der Waals surface area (Å²) in [6.45, 7) is 1.88. The van der Waals surface area contributed by atoms with E-state index in [1.165, 1.54) is 0 Å². The number of rotatable bonds is 6. The van der Waals surface area contributed by atoms with Gasteiger partial charge in [-0.15, -0.1) is 0 Å². The standard InChI is InChI=1S/C20H23N3O4/c1-5-18(27-15-8-6-7-14(12-15)26-4)19(24)21-13-9-10-16-17(11-13)23(3)20(25)22(16)2/h6-12,18H,5H2,1-4H3,(H,21,24)/t18-/m1/s1. The zero-order chi connectivity index (χ0) is 19.6. The Morgan fingerprint density at radius 3 is 2.48 bits per heavy atom. The molecule has 0 fully saturated rings. The summed E-state index contributed by atoms with van der Waals surface area (Å²) in [5, 5.41) is 2.87. The Labute approximate surface area is 157 Å². The van der Waals surface area contributed by atoms with Crippen molar-refractivity contribution in [1.82, 2.24) is 9.13 Å². The number of anilines is 1. The fraction of sp³-hybridized carbons (Fsp3) is 0.300. The van der Waals surface area contributed by atoms with E-state index in [9.17, 15) is 9.59 Å². The quantitative estimate of drug-likeness (QED) is 0.725. The van der Waals surface area contributed by atoms with Crippen molar-refractivity contribution in [3.05, 3.63) is 52.9 Å². The first-order valence-corrected chi connectivity index (χ1v) is 8.71. The second-order valence-corrected chi connectivity index (χ2v) is 6.29. The monoisotopic (exact) mass is 369 g/mol. The summed E-state index contributed by atoms with van der Waals surface area (Å²) in [5.41, 5.74) is 2.06. The molecule has 0 aliphatic heterocycles. The van der Waals surface area contributed by atoms with Crippen LogP contribution in [0.3, 0.4) is 0 Å². The number of carbonyl (C=O) groups is 1. The molecule has 0 radical (unpaired) electrons. The fourth-order valence-electron chi connectivity index (χ4n) is 2.97. The lowest BCUT2D eigenvalue weighted by Crippen LogP contribution is -2.32. The molecular formula is C20H23N3O4. The van der Waals surface area contributed by atoms with Gasteiger partial charge in [-0.1, -0.05) is 13.0 Å². The maximum Gasteiger partial charge on any atom is 0.328 e. The highest BCUT2D eigenvalue weighted by Gasteiger charge is 2.19. The first-order chi connectivity index (χ1) is 12.9. The van der Waals surface area contributed by atoms with Gasteiger partial charge in [0.15, 0.2) is 6.10 Å². The number of amides is 1. The van der Waals surface area contributed by atoms with Gasteiger partial charge < -0.3 is 14.8 Å². The van der Waals surface area contributed by atoms with Crippen LogP contribution in [0.4, 0.5) is 5.69 Å². The summed E-state index contributed by atoms with van der Waals surface area (Å²) >= 11 is 0. The lowest BCUT2D eigenvalue weighted by atomic mass is 10.2. The third-order valence-corrected chi connectivity index (χ3v) is 4.52. The van der Waals surface area contributed by atoms with E-state index in [4.69, 9.17) is 9.47 Å². The Kier molecular flexibility index (Phi) is 5.21. The van der Waals surface area contributed by atoms with Gasteiger partial charge in [-0.05, 0) is 36.8 Å². The Morgan fingerprint density at radius 2 is 1.78 bits per heavy atom. The molecule has 1 N–H and O–H groups in total. The molecule has 142 valence electrons. The highest BCUT2D eigenvalue weighted by atomic mass is 16.5. The number of benzene rings is 2. The van der Waals surface area contributed by atoms with Gasteiger partial charge in [0, 0.05) is 25.8 Å². The Hall–Kier alpha value is -3.22. The fourth-order valence-corrected chi connectivity index (χ4v) is 2.97. The van der Waals surface area contributed by atoms with Crippen molar-refractivity contribution in [3.63, 3.8) is 0 Å². The number of hydrogen-bond acceptors (Lipinski definition) is 4. The highest BCUT2D eigenvalue weighted by molar-refractivity contribution is 5.96. The van der Waals surface area contributed by atoms with E-state index in [0.29, 0.717) is 23.6 Å². The van der Waals surface area contributed by atoms with E-state index < -0.39 is 6.10 Å². The predicted octanol–water partition coefficient (Wildman–Crippen LogP) is 2.68. The van der Waals surface area contributed by atoms with E-state index in [1.54, 1.807) is 54.6 Å². The Balaban J connectivity index is 1.79. The van der Waals surface area contributed by atoms with Crippen LogP contribution in [0.2, 0.25) is 0 Å². The van der Waals surface area contributed by atoms with Crippen LogP contribution in [-0.2, 0) is 18.9 Å². The van der Waals surface area contributed by atoms with Crippen LogP contribution in [0.5, 0.6) is 11.5 Å². The average molecular weight is 369 g/mol. The number of fused-ring (bicyclic) bond motifs is 1. The summed E-state index contributed by atoms with van der Waals surface area (Å²) in [6.07, 6.45) is -0.137. The second kappa shape index (κ2) is 7.57. The van der Waals surface area contributed by atoms with Crippen molar-refractivity contribution in [1.29, 1.82) is 0 Å². The van der Waals surface area contributed by atoms with Crippen molar-refractivity contribution in [2.45, 2.75) is 19.4 Å².